The molecule has 0 N–H and O–H groups in total. The highest BCUT2D eigenvalue weighted by atomic mass is 79.9. The molecule has 1 amide bonds. The molecule has 0 unspecified atom stereocenters. The third-order valence-electron chi connectivity index (χ3n) is 7.82. The molecule has 42 heavy (non-hydrogen) atoms. The summed E-state index contributed by atoms with van der Waals surface area (Å²) >= 11 is 3.53. The van der Waals surface area contributed by atoms with Crippen LogP contribution in [0.2, 0.25) is 0 Å². The van der Waals surface area contributed by atoms with Crippen LogP contribution in [0.3, 0.4) is 0 Å². The second-order valence-electron chi connectivity index (χ2n) is 10.5. The van der Waals surface area contributed by atoms with Crippen LogP contribution in [-0.4, -0.2) is 46.8 Å². The standard InChI is InChI=1S/C34H33BrN2O5/c1-3-29(38)31-30(23-8-6-5-7-9-23)28-20-26(35)14-15-27(28)33(40)37(31)21-22-10-12-24(13-11-22)32(39)36-18-16-25(17-19-36)34(41)42-4-2/h5-15,20,25H,3-4,16-19,21H2,1-2H3. The highest BCUT2D eigenvalue weighted by Gasteiger charge is 2.29. The number of pyridine rings is 1. The summed E-state index contributed by atoms with van der Waals surface area (Å²) in [5.41, 5.74) is 3.08. The van der Waals surface area contributed by atoms with Gasteiger partial charge in [-0.25, -0.2) is 0 Å². The molecule has 7 nitrogen and oxygen atoms in total. The molecule has 0 saturated carbocycles. The summed E-state index contributed by atoms with van der Waals surface area (Å²) in [6, 6.07) is 22.4. The Balaban J connectivity index is 1.47. The van der Waals surface area contributed by atoms with Crippen molar-refractivity contribution in [2.24, 2.45) is 5.92 Å². The smallest absolute Gasteiger partial charge is 0.309 e. The van der Waals surface area contributed by atoms with Crippen molar-refractivity contribution >= 4 is 44.4 Å². The summed E-state index contributed by atoms with van der Waals surface area (Å²) in [7, 11) is 0. The van der Waals surface area contributed by atoms with Crippen LogP contribution >= 0.6 is 15.9 Å². The molecule has 216 valence electrons. The number of fused-ring (bicyclic) bond motifs is 1. The topological polar surface area (TPSA) is 85.7 Å². The number of Topliss-reactive ketones (excluding diaryl/α,β-unsaturated/α-hetero) is 1. The summed E-state index contributed by atoms with van der Waals surface area (Å²) in [5, 5.41) is 1.25. The van der Waals surface area contributed by atoms with Crippen molar-refractivity contribution in [3.8, 4) is 11.1 Å². The van der Waals surface area contributed by atoms with E-state index in [0.29, 0.717) is 49.2 Å². The molecule has 0 radical (unpaired) electrons. The van der Waals surface area contributed by atoms with Gasteiger partial charge < -0.3 is 9.64 Å². The van der Waals surface area contributed by atoms with Crippen LogP contribution in [0.15, 0.2) is 82.1 Å². The molecule has 3 aromatic carbocycles. The van der Waals surface area contributed by atoms with Crippen LogP contribution in [-0.2, 0) is 16.1 Å². The van der Waals surface area contributed by atoms with Gasteiger partial charge >= 0.3 is 5.97 Å². The van der Waals surface area contributed by atoms with Crippen molar-refractivity contribution < 1.29 is 19.1 Å². The van der Waals surface area contributed by atoms with Gasteiger partial charge in [-0.1, -0.05) is 65.3 Å². The lowest BCUT2D eigenvalue weighted by atomic mass is 9.94. The van der Waals surface area contributed by atoms with E-state index in [1.54, 1.807) is 41.5 Å². The van der Waals surface area contributed by atoms with Gasteiger partial charge in [-0.3, -0.25) is 23.7 Å². The first-order valence-electron chi connectivity index (χ1n) is 14.3. The van der Waals surface area contributed by atoms with E-state index >= 15 is 0 Å². The molecular weight excluding hydrogens is 596 g/mol. The molecule has 2 heterocycles. The molecule has 1 aromatic heterocycles. The van der Waals surface area contributed by atoms with Crippen molar-refractivity contribution in [2.45, 2.75) is 39.7 Å². The number of benzene rings is 3. The Hall–Kier alpha value is -4.04. The average molecular weight is 630 g/mol. The normalized spacial score (nSPS) is 13.7. The number of ketones is 1. The largest absolute Gasteiger partial charge is 0.466 e. The van der Waals surface area contributed by atoms with Gasteiger partial charge in [0.2, 0.25) is 0 Å². The van der Waals surface area contributed by atoms with Gasteiger partial charge in [0.05, 0.1) is 24.8 Å². The molecule has 1 aliphatic rings. The van der Waals surface area contributed by atoms with E-state index in [-0.39, 0.29) is 42.1 Å². The second kappa shape index (κ2) is 12.9. The van der Waals surface area contributed by atoms with Gasteiger partial charge in [0.1, 0.15) is 0 Å². The zero-order valence-electron chi connectivity index (χ0n) is 23.8. The predicted octanol–water partition coefficient (Wildman–Crippen LogP) is 6.49. The number of ether oxygens (including phenoxy) is 1. The van der Waals surface area contributed by atoms with E-state index in [1.165, 1.54) is 0 Å². The van der Waals surface area contributed by atoms with Gasteiger partial charge in [0, 0.05) is 40.5 Å². The number of aromatic nitrogens is 1. The molecule has 1 saturated heterocycles. The molecule has 0 aliphatic carbocycles. The van der Waals surface area contributed by atoms with Crippen molar-refractivity contribution in [1.29, 1.82) is 0 Å². The Morgan fingerprint density at radius 3 is 2.24 bits per heavy atom. The Morgan fingerprint density at radius 2 is 1.60 bits per heavy atom. The fourth-order valence-electron chi connectivity index (χ4n) is 5.62. The van der Waals surface area contributed by atoms with E-state index in [0.717, 1.165) is 26.5 Å². The Bertz CT molecular complexity index is 1690. The lowest BCUT2D eigenvalue weighted by molar-refractivity contribution is -0.149. The van der Waals surface area contributed by atoms with Crippen LogP contribution in [0, 0.1) is 5.92 Å². The second-order valence-corrected chi connectivity index (χ2v) is 11.4. The molecule has 1 aliphatic heterocycles. The number of hydrogen-bond donors (Lipinski definition) is 0. The van der Waals surface area contributed by atoms with Crippen LogP contribution in [0.1, 0.15) is 59.5 Å². The van der Waals surface area contributed by atoms with Crippen LogP contribution in [0.25, 0.3) is 21.9 Å². The summed E-state index contributed by atoms with van der Waals surface area (Å²) in [6.45, 7) is 5.13. The monoisotopic (exact) mass is 628 g/mol. The highest BCUT2D eigenvalue weighted by Crippen LogP contribution is 2.33. The zero-order chi connectivity index (χ0) is 29.8. The molecule has 4 aromatic rings. The van der Waals surface area contributed by atoms with Crippen molar-refractivity contribution in [3.63, 3.8) is 0 Å². The number of amides is 1. The van der Waals surface area contributed by atoms with E-state index in [4.69, 9.17) is 4.74 Å². The quantitative estimate of drug-likeness (QED) is 0.164. The maximum atomic E-state index is 13.9. The first-order chi connectivity index (χ1) is 20.3. The van der Waals surface area contributed by atoms with Crippen molar-refractivity contribution in [2.75, 3.05) is 19.7 Å². The molecule has 0 bridgehead atoms. The summed E-state index contributed by atoms with van der Waals surface area (Å²) in [4.78, 5) is 54.3. The van der Waals surface area contributed by atoms with Gasteiger partial charge in [-0.15, -0.1) is 0 Å². The van der Waals surface area contributed by atoms with Crippen LogP contribution < -0.4 is 5.56 Å². The zero-order valence-corrected chi connectivity index (χ0v) is 25.4. The fourth-order valence-corrected chi connectivity index (χ4v) is 5.98. The number of esters is 1. The number of halogens is 1. The fraction of sp³-hybridized carbons (Fsp3) is 0.294. The third kappa shape index (κ3) is 5.95. The SMILES string of the molecule is CCOC(=O)C1CCN(C(=O)c2ccc(Cn3c(C(=O)CC)c(-c4ccccc4)c4cc(Br)ccc4c3=O)cc2)CC1. The van der Waals surface area contributed by atoms with Crippen LogP contribution in [0.4, 0.5) is 0 Å². The minimum absolute atomic E-state index is 0.0921. The number of hydrogen-bond acceptors (Lipinski definition) is 5. The van der Waals surface area contributed by atoms with Gasteiger partial charge in [0.25, 0.3) is 11.5 Å². The van der Waals surface area contributed by atoms with Gasteiger partial charge in [-0.05, 0) is 66.6 Å². The third-order valence-corrected chi connectivity index (χ3v) is 8.32. The van der Waals surface area contributed by atoms with Crippen molar-refractivity contribution in [3.05, 3.63) is 104 Å². The van der Waals surface area contributed by atoms with E-state index in [9.17, 15) is 19.2 Å². The number of carbonyl (C=O) groups is 3. The minimum atomic E-state index is -0.237. The maximum absolute atomic E-state index is 13.9. The van der Waals surface area contributed by atoms with Gasteiger partial charge in [0.15, 0.2) is 5.78 Å². The van der Waals surface area contributed by atoms with E-state index < -0.39 is 0 Å². The lowest BCUT2D eigenvalue weighted by Gasteiger charge is -2.31. The summed E-state index contributed by atoms with van der Waals surface area (Å²) in [5.74, 6) is -0.572. The molecule has 5 rings (SSSR count). The Morgan fingerprint density at radius 1 is 0.905 bits per heavy atom. The summed E-state index contributed by atoms with van der Waals surface area (Å²) < 4.78 is 7.53. The first-order valence-corrected chi connectivity index (χ1v) is 15.1. The molecule has 0 atom stereocenters. The molecular formula is C34H33BrN2O5. The van der Waals surface area contributed by atoms with Crippen molar-refractivity contribution in [1.82, 2.24) is 9.47 Å². The number of nitrogens with zero attached hydrogens (tertiary/aromatic N) is 2. The molecule has 0 spiro atoms. The Labute approximate surface area is 253 Å². The van der Waals surface area contributed by atoms with E-state index in [2.05, 4.69) is 15.9 Å². The Kier molecular flexibility index (Phi) is 9.02. The summed E-state index contributed by atoms with van der Waals surface area (Å²) in [6.07, 6.45) is 1.42. The van der Waals surface area contributed by atoms with E-state index in [1.807, 2.05) is 54.6 Å². The van der Waals surface area contributed by atoms with Crippen LogP contribution in [0.5, 0.6) is 0 Å². The number of carbonyl (C=O) groups excluding carboxylic acids is 3. The number of piperidine rings is 1. The lowest BCUT2D eigenvalue weighted by Crippen LogP contribution is -2.40. The maximum Gasteiger partial charge on any atom is 0.309 e. The highest BCUT2D eigenvalue weighted by molar-refractivity contribution is 9.10. The first kappa shape index (κ1) is 29.5. The molecule has 8 heteroatoms. The number of rotatable bonds is 8. The average Bonchev–Trinajstić information content (AvgIpc) is 3.02. The predicted molar refractivity (Wildman–Crippen MR) is 167 cm³/mol. The number of likely N-dealkylation sites (tertiary alicyclic amines) is 1. The molecule has 1 fully saturated rings. The minimum Gasteiger partial charge on any atom is -0.466 e. The van der Waals surface area contributed by atoms with Gasteiger partial charge in [-0.2, -0.15) is 0 Å².